The molecular weight excluding hydrogens is 270 g/mol. The lowest BCUT2D eigenvalue weighted by molar-refractivity contribution is -0.127. The van der Waals surface area contributed by atoms with Crippen LogP contribution in [0.2, 0.25) is 0 Å². The third kappa shape index (κ3) is 5.10. The molecule has 0 saturated carbocycles. The Morgan fingerprint density at radius 1 is 1.19 bits per heavy atom. The summed E-state index contributed by atoms with van der Waals surface area (Å²) in [7, 11) is 1.50. The Hall–Kier alpha value is -2.04. The molecule has 1 aromatic rings. The molecule has 0 fully saturated rings. The highest BCUT2D eigenvalue weighted by Gasteiger charge is 2.17. The molecule has 5 nitrogen and oxygen atoms in total. The Kier molecular flexibility index (Phi) is 6.21. The minimum atomic E-state index is -0.638. The van der Waals surface area contributed by atoms with Gasteiger partial charge in [0.2, 0.25) is 0 Å². The minimum absolute atomic E-state index is 0.0532. The van der Waals surface area contributed by atoms with Gasteiger partial charge in [0.1, 0.15) is 0 Å². The summed E-state index contributed by atoms with van der Waals surface area (Å²) in [5, 5.41) is 2.81. The summed E-state index contributed by atoms with van der Waals surface area (Å²) in [6, 6.07) is 4.90. The van der Waals surface area contributed by atoms with Crippen LogP contribution in [-0.2, 0) is 4.79 Å². The van der Waals surface area contributed by atoms with E-state index in [1.165, 1.54) is 14.0 Å². The van der Waals surface area contributed by atoms with Crippen LogP contribution in [0, 0.1) is 5.92 Å². The lowest BCUT2D eigenvalue weighted by atomic mass is 10.1. The molecule has 1 rings (SSSR count). The normalized spacial score (nSPS) is 11.9. The number of carbonyl (C=O) groups is 2. The Labute approximate surface area is 125 Å². The summed E-state index contributed by atoms with van der Waals surface area (Å²) in [5.74, 6) is 1.02. The number of hydrogen-bond donors (Lipinski definition) is 1. The second kappa shape index (κ2) is 7.67. The molecule has 0 spiro atoms. The van der Waals surface area contributed by atoms with E-state index in [4.69, 9.17) is 9.47 Å². The molecule has 0 heterocycles. The van der Waals surface area contributed by atoms with E-state index < -0.39 is 6.10 Å². The maximum atomic E-state index is 11.9. The first-order chi connectivity index (χ1) is 9.85. The zero-order valence-corrected chi connectivity index (χ0v) is 13.2. The van der Waals surface area contributed by atoms with Gasteiger partial charge >= 0.3 is 0 Å². The van der Waals surface area contributed by atoms with Crippen LogP contribution >= 0.6 is 0 Å². The van der Waals surface area contributed by atoms with E-state index in [2.05, 4.69) is 5.32 Å². The molecule has 0 bridgehead atoms. The molecule has 5 heteroatoms. The molecule has 0 aliphatic rings. The van der Waals surface area contributed by atoms with Gasteiger partial charge in [0.25, 0.3) is 5.91 Å². The number of benzene rings is 1. The number of amides is 1. The summed E-state index contributed by atoms with van der Waals surface area (Å²) in [6.45, 7) is 7.81. The van der Waals surface area contributed by atoms with E-state index in [-0.39, 0.29) is 11.7 Å². The molecule has 0 saturated heterocycles. The molecule has 116 valence electrons. The van der Waals surface area contributed by atoms with Gasteiger partial charge in [0.05, 0.1) is 7.11 Å². The largest absolute Gasteiger partial charge is 0.493 e. The highest BCUT2D eigenvalue weighted by atomic mass is 16.5. The van der Waals surface area contributed by atoms with Crippen molar-refractivity contribution in [1.29, 1.82) is 0 Å². The van der Waals surface area contributed by atoms with Crippen molar-refractivity contribution in [3.05, 3.63) is 23.8 Å². The van der Waals surface area contributed by atoms with E-state index in [1.54, 1.807) is 25.1 Å². The van der Waals surface area contributed by atoms with Gasteiger partial charge in [0.15, 0.2) is 23.4 Å². The van der Waals surface area contributed by atoms with Crippen LogP contribution in [0.5, 0.6) is 11.5 Å². The zero-order chi connectivity index (χ0) is 16.0. The van der Waals surface area contributed by atoms with Gasteiger partial charge in [0, 0.05) is 12.1 Å². The molecule has 21 heavy (non-hydrogen) atoms. The second-order valence-electron chi connectivity index (χ2n) is 5.32. The van der Waals surface area contributed by atoms with E-state index in [9.17, 15) is 9.59 Å². The first-order valence-corrected chi connectivity index (χ1v) is 6.98. The van der Waals surface area contributed by atoms with E-state index in [0.717, 1.165) is 0 Å². The lowest BCUT2D eigenvalue weighted by Gasteiger charge is -2.17. The van der Waals surface area contributed by atoms with Crippen molar-refractivity contribution in [1.82, 2.24) is 5.32 Å². The van der Waals surface area contributed by atoms with Gasteiger partial charge < -0.3 is 14.8 Å². The first kappa shape index (κ1) is 17.0. The highest BCUT2D eigenvalue weighted by Crippen LogP contribution is 2.29. The highest BCUT2D eigenvalue weighted by molar-refractivity contribution is 5.94. The number of ketones is 1. The maximum absolute atomic E-state index is 11.9. The standard InChI is InChI=1S/C16H23NO4/c1-10(2)9-17-16(19)12(4)21-14-7-6-13(11(3)18)8-15(14)20-5/h6-8,10,12H,9H2,1-5H3,(H,17,19). The third-order valence-corrected chi connectivity index (χ3v) is 2.93. The summed E-state index contributed by atoms with van der Waals surface area (Å²) in [6.07, 6.45) is -0.638. The Bertz CT molecular complexity index is 511. The van der Waals surface area contributed by atoms with Gasteiger partial charge in [-0.3, -0.25) is 9.59 Å². The van der Waals surface area contributed by atoms with Crippen molar-refractivity contribution >= 4 is 11.7 Å². The van der Waals surface area contributed by atoms with Gasteiger partial charge in [-0.2, -0.15) is 0 Å². The average molecular weight is 293 g/mol. The summed E-state index contributed by atoms with van der Waals surface area (Å²) in [4.78, 5) is 23.2. The number of hydrogen-bond acceptors (Lipinski definition) is 4. The van der Waals surface area contributed by atoms with E-state index in [0.29, 0.717) is 29.5 Å². The van der Waals surface area contributed by atoms with Crippen LogP contribution in [0.25, 0.3) is 0 Å². The van der Waals surface area contributed by atoms with Crippen LogP contribution in [0.1, 0.15) is 38.1 Å². The van der Waals surface area contributed by atoms with Crippen LogP contribution in [0.3, 0.4) is 0 Å². The monoisotopic (exact) mass is 293 g/mol. The smallest absolute Gasteiger partial charge is 0.260 e. The lowest BCUT2D eigenvalue weighted by Crippen LogP contribution is -2.38. The molecule has 0 aliphatic heterocycles. The van der Waals surface area contributed by atoms with Crippen LogP contribution in [-0.4, -0.2) is 31.4 Å². The van der Waals surface area contributed by atoms with Crippen molar-refractivity contribution in [2.24, 2.45) is 5.92 Å². The number of ether oxygens (including phenoxy) is 2. The van der Waals surface area contributed by atoms with Crippen molar-refractivity contribution in [3.63, 3.8) is 0 Å². The third-order valence-electron chi connectivity index (χ3n) is 2.93. The van der Waals surface area contributed by atoms with Crippen molar-refractivity contribution in [2.45, 2.75) is 33.8 Å². The number of rotatable bonds is 7. The summed E-state index contributed by atoms with van der Waals surface area (Å²) >= 11 is 0. The minimum Gasteiger partial charge on any atom is -0.493 e. The van der Waals surface area contributed by atoms with E-state index in [1.807, 2.05) is 13.8 Å². The van der Waals surface area contributed by atoms with Crippen molar-refractivity contribution < 1.29 is 19.1 Å². The van der Waals surface area contributed by atoms with Crippen molar-refractivity contribution in [2.75, 3.05) is 13.7 Å². The van der Waals surface area contributed by atoms with Gasteiger partial charge in [-0.05, 0) is 38.0 Å². The SMILES string of the molecule is COc1cc(C(C)=O)ccc1OC(C)C(=O)NCC(C)C. The fourth-order valence-electron chi connectivity index (χ4n) is 1.68. The predicted molar refractivity (Wildman–Crippen MR) is 80.9 cm³/mol. The molecule has 1 unspecified atom stereocenters. The Morgan fingerprint density at radius 3 is 2.38 bits per heavy atom. The maximum Gasteiger partial charge on any atom is 0.260 e. The van der Waals surface area contributed by atoms with Gasteiger partial charge in [-0.1, -0.05) is 13.8 Å². The molecule has 1 amide bonds. The average Bonchev–Trinajstić information content (AvgIpc) is 2.44. The molecule has 1 atom stereocenters. The Balaban J connectivity index is 2.77. The van der Waals surface area contributed by atoms with Gasteiger partial charge in [-0.25, -0.2) is 0 Å². The summed E-state index contributed by atoms with van der Waals surface area (Å²) in [5.41, 5.74) is 0.538. The van der Waals surface area contributed by atoms with Crippen molar-refractivity contribution in [3.8, 4) is 11.5 Å². The first-order valence-electron chi connectivity index (χ1n) is 6.98. The molecule has 0 radical (unpaired) electrons. The molecule has 0 aliphatic carbocycles. The fourth-order valence-corrected chi connectivity index (χ4v) is 1.68. The van der Waals surface area contributed by atoms with E-state index >= 15 is 0 Å². The molecule has 1 aromatic carbocycles. The Morgan fingerprint density at radius 2 is 1.86 bits per heavy atom. The topological polar surface area (TPSA) is 64.6 Å². The second-order valence-corrected chi connectivity index (χ2v) is 5.32. The van der Waals surface area contributed by atoms with Crippen LogP contribution < -0.4 is 14.8 Å². The van der Waals surface area contributed by atoms with Crippen LogP contribution in [0.4, 0.5) is 0 Å². The number of Topliss-reactive ketones (excluding diaryl/α,β-unsaturated/α-hetero) is 1. The number of methoxy groups -OCH3 is 1. The molecule has 1 N–H and O–H groups in total. The predicted octanol–water partition coefficient (Wildman–Crippen LogP) is 2.44. The molecule has 0 aromatic heterocycles. The zero-order valence-electron chi connectivity index (χ0n) is 13.2. The number of carbonyl (C=O) groups excluding carboxylic acids is 2. The van der Waals surface area contributed by atoms with Crippen LogP contribution in [0.15, 0.2) is 18.2 Å². The molecular formula is C16H23NO4. The van der Waals surface area contributed by atoms with Gasteiger partial charge in [-0.15, -0.1) is 0 Å². The fraction of sp³-hybridized carbons (Fsp3) is 0.500. The quantitative estimate of drug-likeness (QED) is 0.784. The summed E-state index contributed by atoms with van der Waals surface area (Å²) < 4.78 is 10.8. The number of nitrogens with one attached hydrogen (secondary N) is 1.